The molecule has 51 heavy (non-hydrogen) atoms. The highest BCUT2D eigenvalue weighted by atomic mass is 16.6. The van der Waals surface area contributed by atoms with Gasteiger partial charge in [0.1, 0.15) is 12.2 Å². The summed E-state index contributed by atoms with van der Waals surface area (Å²) in [6, 6.07) is 17.6. The maximum Gasteiger partial charge on any atom is 0.412 e. The van der Waals surface area contributed by atoms with E-state index in [1.165, 1.54) is 0 Å². The van der Waals surface area contributed by atoms with E-state index < -0.39 is 29.7 Å². The second kappa shape index (κ2) is 16.3. The molecule has 1 aliphatic heterocycles. The zero-order valence-corrected chi connectivity index (χ0v) is 29.3. The zero-order chi connectivity index (χ0) is 36.5. The van der Waals surface area contributed by atoms with Gasteiger partial charge in [-0.25, -0.2) is 14.6 Å². The van der Waals surface area contributed by atoms with Crippen molar-refractivity contribution in [2.75, 3.05) is 35.2 Å². The number of alkyl carbamates (subject to hydrolysis) is 1. The molecule has 0 spiro atoms. The summed E-state index contributed by atoms with van der Waals surface area (Å²) in [5.41, 5.74) is 8.44. The number of benzene rings is 2. The highest BCUT2D eigenvalue weighted by molar-refractivity contribution is 6.11. The summed E-state index contributed by atoms with van der Waals surface area (Å²) in [7, 11) is 0. The lowest BCUT2D eigenvalue weighted by atomic mass is 9.89. The minimum absolute atomic E-state index is 0.0166. The lowest BCUT2D eigenvalue weighted by Crippen LogP contribution is -2.58. The monoisotopic (exact) mass is 692 g/mol. The van der Waals surface area contributed by atoms with Gasteiger partial charge in [-0.05, 0) is 56.0 Å². The molecule has 266 valence electrons. The Balaban J connectivity index is 1.42. The topological polar surface area (TPSA) is 173 Å². The van der Waals surface area contributed by atoms with Gasteiger partial charge in [-0.3, -0.25) is 20.1 Å². The normalized spacial score (nSPS) is 17.5. The molecule has 5 N–H and O–H groups in total. The second-order valence-corrected chi connectivity index (χ2v) is 13.3. The van der Waals surface area contributed by atoms with Crippen LogP contribution in [-0.4, -0.2) is 71.6 Å². The first-order valence-corrected chi connectivity index (χ1v) is 16.7. The Hall–Kier alpha value is -5.82. The highest BCUT2D eigenvalue weighted by Crippen LogP contribution is 2.32. The number of ether oxygens (including phenoxy) is 2. The number of anilines is 3. The third-order valence-electron chi connectivity index (χ3n) is 8.13. The lowest BCUT2D eigenvalue weighted by Gasteiger charge is -2.42. The fourth-order valence-corrected chi connectivity index (χ4v) is 5.88. The summed E-state index contributed by atoms with van der Waals surface area (Å²) >= 11 is 0. The van der Waals surface area contributed by atoms with Gasteiger partial charge < -0.3 is 30.7 Å². The van der Waals surface area contributed by atoms with Crippen LogP contribution >= 0.6 is 0 Å². The molecular weight excluding hydrogens is 648 g/mol. The third-order valence-corrected chi connectivity index (χ3v) is 8.13. The van der Waals surface area contributed by atoms with Gasteiger partial charge in [0, 0.05) is 37.4 Å². The van der Waals surface area contributed by atoms with Crippen LogP contribution in [0.5, 0.6) is 0 Å². The summed E-state index contributed by atoms with van der Waals surface area (Å²) in [6.07, 6.45) is 5.22. The molecule has 3 amide bonds. The molecule has 1 fully saturated rings. The number of hydrogen-bond acceptors (Lipinski definition) is 10. The number of piperidine rings is 1. The Morgan fingerprint density at radius 2 is 1.82 bits per heavy atom. The van der Waals surface area contributed by atoms with Gasteiger partial charge in [0.25, 0.3) is 5.91 Å². The second-order valence-electron chi connectivity index (χ2n) is 13.3. The van der Waals surface area contributed by atoms with Crippen molar-refractivity contribution in [1.82, 2.24) is 15.3 Å². The van der Waals surface area contributed by atoms with Gasteiger partial charge in [0.2, 0.25) is 0 Å². The van der Waals surface area contributed by atoms with Gasteiger partial charge in [0.05, 0.1) is 40.9 Å². The maximum absolute atomic E-state index is 14.1. The van der Waals surface area contributed by atoms with Gasteiger partial charge in [-0.15, -0.1) is 0 Å². The standard InChI is InChI=1S/C38H44N8O5/c1-6-25-12-13-27-19-29(44-36(48)50-23-26-10-8-7-9-11-26)34(42-28(27)18-25)35(47)43-30-20-40-16-14-32(30)46-21-24(2)33(41-17-15-39)31(22-46)45-37(49)51-38(3,4)5/h6-14,16-20,24,31,33H,1,15,21-23,39H2,2-5H3,(H,43,47)(H,44,48)(H,45,49). The Morgan fingerprint density at radius 3 is 2.55 bits per heavy atom. The molecule has 1 aliphatic rings. The van der Waals surface area contributed by atoms with E-state index in [2.05, 4.69) is 42.4 Å². The fraction of sp³-hybridized carbons (Fsp3) is 0.316. The summed E-state index contributed by atoms with van der Waals surface area (Å²) in [5, 5.41) is 9.37. The van der Waals surface area contributed by atoms with Crippen LogP contribution in [0.25, 0.3) is 17.0 Å². The Bertz CT molecular complexity index is 1910. The van der Waals surface area contributed by atoms with Gasteiger partial charge in [-0.2, -0.15) is 0 Å². The summed E-state index contributed by atoms with van der Waals surface area (Å²) < 4.78 is 11.0. The summed E-state index contributed by atoms with van der Waals surface area (Å²) in [6.45, 7) is 12.5. The molecular formula is C38H44N8O5. The van der Waals surface area contributed by atoms with E-state index >= 15 is 0 Å². The van der Waals surface area contributed by atoms with E-state index in [1.807, 2.05) is 55.5 Å². The van der Waals surface area contributed by atoms with E-state index in [-0.39, 0.29) is 36.5 Å². The number of aliphatic imine (C=N–C) groups is 1. The van der Waals surface area contributed by atoms with Crippen molar-refractivity contribution in [2.45, 2.75) is 52.0 Å². The maximum atomic E-state index is 14.1. The van der Waals surface area contributed by atoms with Crippen molar-refractivity contribution >= 4 is 58.3 Å². The van der Waals surface area contributed by atoms with Crippen LogP contribution in [0, 0.1) is 5.92 Å². The van der Waals surface area contributed by atoms with Crippen molar-refractivity contribution in [3.63, 3.8) is 0 Å². The molecule has 13 nitrogen and oxygen atoms in total. The fourth-order valence-electron chi connectivity index (χ4n) is 5.88. The molecule has 0 radical (unpaired) electrons. The molecule has 3 atom stereocenters. The highest BCUT2D eigenvalue weighted by Gasteiger charge is 2.37. The molecule has 2 aromatic carbocycles. The summed E-state index contributed by atoms with van der Waals surface area (Å²) in [5.74, 6) is -0.593. The molecule has 13 heteroatoms. The van der Waals surface area contributed by atoms with Gasteiger partial charge in [0.15, 0.2) is 5.69 Å². The third kappa shape index (κ3) is 9.67. The first kappa shape index (κ1) is 36.5. The van der Waals surface area contributed by atoms with Crippen LogP contribution in [0.1, 0.15) is 49.3 Å². The Labute approximate surface area is 297 Å². The van der Waals surface area contributed by atoms with E-state index in [0.717, 1.165) is 11.1 Å². The largest absolute Gasteiger partial charge is 0.444 e. The molecule has 1 saturated heterocycles. The van der Waals surface area contributed by atoms with E-state index in [0.29, 0.717) is 35.4 Å². The number of nitrogens with two attached hydrogens (primary N) is 1. The van der Waals surface area contributed by atoms with Crippen LogP contribution in [0.3, 0.4) is 0 Å². The van der Waals surface area contributed by atoms with Crippen LogP contribution < -0.4 is 26.6 Å². The number of fused-ring (bicyclic) bond motifs is 1. The van der Waals surface area contributed by atoms with Crippen LogP contribution in [0.15, 0.2) is 84.6 Å². The van der Waals surface area contributed by atoms with E-state index in [1.54, 1.807) is 57.6 Å². The first-order valence-electron chi connectivity index (χ1n) is 16.7. The predicted octanol–water partition coefficient (Wildman–Crippen LogP) is 6.02. The number of hydrogen-bond donors (Lipinski definition) is 4. The zero-order valence-electron chi connectivity index (χ0n) is 29.3. The molecule has 0 saturated carbocycles. The van der Waals surface area contributed by atoms with Crippen molar-refractivity contribution in [3.05, 3.63) is 96.5 Å². The van der Waals surface area contributed by atoms with E-state index in [4.69, 9.17) is 15.2 Å². The molecule has 3 heterocycles. The smallest absolute Gasteiger partial charge is 0.412 e. The minimum Gasteiger partial charge on any atom is -0.444 e. The molecule has 0 aliphatic carbocycles. The van der Waals surface area contributed by atoms with Gasteiger partial charge in [-0.1, -0.05) is 62.0 Å². The number of aromatic nitrogens is 2. The number of carbonyl (C=O) groups is 3. The van der Waals surface area contributed by atoms with Crippen molar-refractivity contribution in [2.24, 2.45) is 16.6 Å². The van der Waals surface area contributed by atoms with Crippen LogP contribution in [0.2, 0.25) is 0 Å². The number of pyridine rings is 2. The predicted molar refractivity (Wildman–Crippen MR) is 200 cm³/mol. The lowest BCUT2D eigenvalue weighted by molar-refractivity contribution is 0.0487. The number of nitrogens with zero attached hydrogens (tertiary/aromatic N) is 4. The SMILES string of the molecule is C=Cc1ccc2cc(NC(=O)OCc3ccccc3)c(C(=O)Nc3cnccc3N3CC(C)C(N=CCN)C(NC(=O)OC(C)(C)C)C3)nc2c1. The van der Waals surface area contributed by atoms with Gasteiger partial charge >= 0.3 is 12.2 Å². The van der Waals surface area contributed by atoms with E-state index in [9.17, 15) is 14.4 Å². The van der Waals surface area contributed by atoms with Crippen molar-refractivity contribution in [3.8, 4) is 0 Å². The number of amides is 3. The first-order chi connectivity index (χ1) is 24.4. The minimum atomic E-state index is -0.739. The Morgan fingerprint density at radius 1 is 1.04 bits per heavy atom. The quantitative estimate of drug-likeness (QED) is 0.145. The Kier molecular flexibility index (Phi) is 11.6. The molecule has 5 rings (SSSR count). The van der Waals surface area contributed by atoms with Crippen molar-refractivity contribution < 1.29 is 23.9 Å². The average Bonchev–Trinajstić information content (AvgIpc) is 3.09. The molecule has 2 aromatic heterocycles. The number of rotatable bonds is 10. The number of carbonyl (C=O) groups excluding carboxylic acids is 3. The van der Waals surface area contributed by atoms with Crippen LogP contribution in [0.4, 0.5) is 26.7 Å². The van der Waals surface area contributed by atoms with Crippen molar-refractivity contribution in [1.29, 1.82) is 0 Å². The summed E-state index contributed by atoms with van der Waals surface area (Å²) in [4.78, 5) is 55.6. The molecule has 3 unspecified atom stereocenters. The molecule has 0 bridgehead atoms. The average molecular weight is 693 g/mol. The molecule has 4 aromatic rings. The van der Waals surface area contributed by atoms with Crippen LogP contribution in [-0.2, 0) is 16.1 Å². The number of nitrogens with one attached hydrogen (secondary N) is 3.